The summed E-state index contributed by atoms with van der Waals surface area (Å²) in [6.45, 7) is 4.18. The van der Waals surface area contributed by atoms with Crippen molar-refractivity contribution in [3.63, 3.8) is 0 Å². The second kappa shape index (κ2) is 8.19. The van der Waals surface area contributed by atoms with E-state index in [2.05, 4.69) is 41.6 Å². The van der Waals surface area contributed by atoms with E-state index >= 15 is 0 Å². The first-order valence-electron chi connectivity index (χ1n) is 12.4. The molecule has 4 fully saturated rings. The van der Waals surface area contributed by atoms with E-state index < -0.39 is 0 Å². The smallest absolute Gasteiger partial charge is 0.227 e. The number of hydrogen-bond acceptors (Lipinski definition) is 4. The van der Waals surface area contributed by atoms with Gasteiger partial charge in [0, 0.05) is 17.7 Å². The quantitative estimate of drug-likeness (QED) is 0.422. The molecule has 0 saturated heterocycles. The van der Waals surface area contributed by atoms with E-state index in [-0.39, 0.29) is 11.3 Å². The number of aromatic nitrogens is 1. The number of carbonyl (C=O) groups is 1. The molecule has 1 aromatic heterocycles. The summed E-state index contributed by atoms with van der Waals surface area (Å²) in [7, 11) is 0. The molecule has 0 aliphatic heterocycles. The van der Waals surface area contributed by atoms with Crippen LogP contribution in [0.25, 0.3) is 22.6 Å². The molecule has 2 aromatic carbocycles. The minimum absolute atomic E-state index is 0.0407. The Bertz CT molecular complexity index is 1260. The summed E-state index contributed by atoms with van der Waals surface area (Å²) in [4.78, 5) is 17.6. The number of nitrogens with one attached hydrogen (secondary N) is 2. The fourth-order valence-electron chi connectivity index (χ4n) is 7.18. The fraction of sp³-hybridized carbons (Fsp3) is 0.464. The molecular weight excluding hydrogens is 442 g/mol. The highest BCUT2D eigenvalue weighted by atomic mass is 32.1. The van der Waals surface area contributed by atoms with E-state index in [9.17, 15) is 4.79 Å². The fourth-order valence-corrected chi connectivity index (χ4v) is 7.42. The van der Waals surface area contributed by atoms with Crippen LogP contribution >= 0.6 is 12.2 Å². The molecule has 34 heavy (non-hydrogen) atoms. The summed E-state index contributed by atoms with van der Waals surface area (Å²) in [6.07, 6.45) is 8.42. The lowest BCUT2D eigenvalue weighted by Crippen LogP contribution is -2.48. The van der Waals surface area contributed by atoms with Gasteiger partial charge in [0.2, 0.25) is 11.8 Å². The van der Waals surface area contributed by atoms with Gasteiger partial charge in [0.15, 0.2) is 10.7 Å². The van der Waals surface area contributed by atoms with Gasteiger partial charge in [0.25, 0.3) is 0 Å². The van der Waals surface area contributed by atoms with Crippen molar-refractivity contribution in [2.75, 3.05) is 5.32 Å². The predicted octanol–water partition coefficient (Wildman–Crippen LogP) is 6.53. The normalized spacial score (nSPS) is 27.2. The lowest BCUT2D eigenvalue weighted by molar-refractivity contribution is -0.127. The Hall–Kier alpha value is -2.73. The molecule has 4 aliphatic rings. The highest BCUT2D eigenvalue weighted by Crippen LogP contribution is 2.61. The lowest BCUT2D eigenvalue weighted by Gasteiger charge is -2.56. The van der Waals surface area contributed by atoms with Gasteiger partial charge in [0.1, 0.15) is 5.52 Å². The number of carbonyl (C=O) groups excluding carboxylic acids is 1. The Morgan fingerprint density at radius 2 is 1.74 bits per heavy atom. The van der Waals surface area contributed by atoms with Gasteiger partial charge in [-0.25, -0.2) is 4.98 Å². The SMILES string of the molecule is Cc1ccc(-c2nc3cc(NC(=S)NC(=O)CC45CC6CC(CC(C6)C4)C5)ccc3o2)cc1C. The zero-order chi connectivity index (χ0) is 23.4. The van der Waals surface area contributed by atoms with E-state index in [0.29, 0.717) is 17.4 Å². The molecule has 2 N–H and O–H groups in total. The molecule has 1 amide bonds. The third-order valence-electron chi connectivity index (χ3n) is 8.35. The minimum Gasteiger partial charge on any atom is -0.436 e. The summed E-state index contributed by atoms with van der Waals surface area (Å²) in [5, 5.41) is 6.43. The number of nitrogens with zero attached hydrogens (tertiary/aromatic N) is 1. The van der Waals surface area contributed by atoms with Crippen molar-refractivity contribution in [3.8, 4) is 11.5 Å². The number of thiocarbonyl (C=S) groups is 1. The van der Waals surface area contributed by atoms with Gasteiger partial charge in [-0.15, -0.1) is 0 Å². The van der Waals surface area contributed by atoms with Crippen LogP contribution in [0.4, 0.5) is 5.69 Å². The van der Waals surface area contributed by atoms with E-state index in [1.165, 1.54) is 49.7 Å². The topological polar surface area (TPSA) is 67.2 Å². The van der Waals surface area contributed by atoms with Gasteiger partial charge in [-0.3, -0.25) is 4.79 Å². The standard InChI is InChI=1S/C28H31N3O2S/c1-16-3-4-21(7-17(16)2)26-30-23-11-22(5-6-24(23)33-26)29-27(34)31-25(32)15-28-12-18-8-19(13-28)10-20(9-18)14-28/h3-7,11,18-20H,8-10,12-15H2,1-2H3,(H2,29,31,32,34). The van der Waals surface area contributed by atoms with Crippen LogP contribution in [0, 0.1) is 37.0 Å². The highest BCUT2D eigenvalue weighted by molar-refractivity contribution is 7.80. The number of oxazole rings is 1. The summed E-state index contributed by atoms with van der Waals surface area (Å²) >= 11 is 5.47. The molecule has 4 aliphatic carbocycles. The Morgan fingerprint density at radius 3 is 2.41 bits per heavy atom. The molecule has 4 bridgehead atoms. The molecule has 4 saturated carbocycles. The van der Waals surface area contributed by atoms with Gasteiger partial charge in [-0.2, -0.15) is 0 Å². The van der Waals surface area contributed by atoms with Crippen LogP contribution in [-0.4, -0.2) is 16.0 Å². The van der Waals surface area contributed by atoms with Crippen molar-refractivity contribution in [2.24, 2.45) is 23.2 Å². The second-order valence-corrected chi connectivity index (χ2v) is 11.5. The first-order chi connectivity index (χ1) is 16.3. The maximum absolute atomic E-state index is 12.9. The first-order valence-corrected chi connectivity index (χ1v) is 12.8. The Labute approximate surface area is 205 Å². The lowest BCUT2D eigenvalue weighted by atomic mass is 9.49. The van der Waals surface area contributed by atoms with E-state index in [1.807, 2.05) is 24.3 Å². The molecule has 1 heterocycles. The number of benzene rings is 2. The van der Waals surface area contributed by atoms with Crippen LogP contribution in [0.2, 0.25) is 0 Å². The van der Waals surface area contributed by atoms with Crippen molar-refractivity contribution < 1.29 is 9.21 Å². The molecule has 0 unspecified atom stereocenters. The van der Waals surface area contributed by atoms with Gasteiger partial charge in [0.05, 0.1) is 0 Å². The Balaban J connectivity index is 1.11. The average Bonchev–Trinajstić information content (AvgIpc) is 3.17. The number of anilines is 1. The van der Waals surface area contributed by atoms with Crippen molar-refractivity contribution in [3.05, 3.63) is 47.5 Å². The van der Waals surface area contributed by atoms with E-state index in [0.717, 1.165) is 40.1 Å². The van der Waals surface area contributed by atoms with Crippen LogP contribution in [-0.2, 0) is 4.79 Å². The summed E-state index contributed by atoms with van der Waals surface area (Å²) < 4.78 is 5.97. The largest absolute Gasteiger partial charge is 0.436 e. The summed E-state index contributed by atoms with van der Waals surface area (Å²) in [5.41, 5.74) is 5.87. The number of amides is 1. The molecular formula is C28H31N3O2S. The van der Waals surface area contributed by atoms with Crippen molar-refractivity contribution in [2.45, 2.75) is 58.8 Å². The van der Waals surface area contributed by atoms with E-state index in [1.54, 1.807) is 0 Å². The van der Waals surface area contributed by atoms with Crippen LogP contribution in [0.1, 0.15) is 56.1 Å². The van der Waals surface area contributed by atoms with Crippen LogP contribution < -0.4 is 10.6 Å². The third kappa shape index (κ3) is 4.13. The molecule has 0 atom stereocenters. The number of hydrogen-bond donors (Lipinski definition) is 2. The molecule has 6 heteroatoms. The van der Waals surface area contributed by atoms with Crippen LogP contribution in [0.5, 0.6) is 0 Å². The van der Waals surface area contributed by atoms with Gasteiger partial charge >= 0.3 is 0 Å². The zero-order valence-electron chi connectivity index (χ0n) is 19.8. The second-order valence-electron chi connectivity index (χ2n) is 11.1. The molecule has 0 spiro atoms. The van der Waals surface area contributed by atoms with Crippen molar-refractivity contribution >= 4 is 40.0 Å². The zero-order valence-corrected chi connectivity index (χ0v) is 20.6. The van der Waals surface area contributed by atoms with Gasteiger partial charge < -0.3 is 15.1 Å². The molecule has 176 valence electrons. The van der Waals surface area contributed by atoms with Crippen molar-refractivity contribution in [1.82, 2.24) is 10.3 Å². The summed E-state index contributed by atoms with van der Waals surface area (Å²) in [6, 6.07) is 11.9. The Morgan fingerprint density at radius 1 is 1.03 bits per heavy atom. The molecule has 7 rings (SSSR count). The van der Waals surface area contributed by atoms with E-state index in [4.69, 9.17) is 16.6 Å². The number of aryl methyl sites for hydroxylation is 2. The highest BCUT2D eigenvalue weighted by Gasteiger charge is 2.51. The van der Waals surface area contributed by atoms with Gasteiger partial charge in [-0.05, 0) is 129 Å². The average molecular weight is 474 g/mol. The van der Waals surface area contributed by atoms with Crippen molar-refractivity contribution in [1.29, 1.82) is 0 Å². The molecule has 3 aromatic rings. The first kappa shape index (κ1) is 21.8. The predicted molar refractivity (Wildman–Crippen MR) is 139 cm³/mol. The summed E-state index contributed by atoms with van der Waals surface area (Å²) in [5.74, 6) is 3.16. The number of rotatable bonds is 4. The Kier molecular flexibility index (Phi) is 5.25. The monoisotopic (exact) mass is 473 g/mol. The molecule has 5 nitrogen and oxygen atoms in total. The third-order valence-corrected chi connectivity index (χ3v) is 8.56. The van der Waals surface area contributed by atoms with Crippen LogP contribution in [0.15, 0.2) is 40.8 Å². The van der Waals surface area contributed by atoms with Crippen LogP contribution in [0.3, 0.4) is 0 Å². The maximum atomic E-state index is 12.9. The minimum atomic E-state index is 0.0407. The number of fused-ring (bicyclic) bond motifs is 1. The maximum Gasteiger partial charge on any atom is 0.227 e. The molecule has 0 radical (unpaired) electrons. The van der Waals surface area contributed by atoms with Gasteiger partial charge in [-0.1, -0.05) is 6.07 Å².